The lowest BCUT2D eigenvalue weighted by Gasteiger charge is -2.13. The molecule has 0 bridgehead atoms. The van der Waals surface area contributed by atoms with Crippen LogP contribution in [0.4, 0.5) is 5.69 Å². The zero-order valence-electron chi connectivity index (χ0n) is 12.1. The number of benzene rings is 1. The first-order valence-electron chi connectivity index (χ1n) is 7.03. The van der Waals surface area contributed by atoms with E-state index in [1.165, 1.54) is 12.1 Å². The third-order valence-electron chi connectivity index (χ3n) is 3.80. The maximum absolute atomic E-state index is 12.3. The summed E-state index contributed by atoms with van der Waals surface area (Å²) in [7, 11) is 1.56. The quantitative estimate of drug-likeness (QED) is 0.483. The SMILES string of the molecule is CO/C=C1\CCCCn2c1nc(=O)c1cc([N+](=O)[O-])ccc12. The van der Waals surface area contributed by atoms with Crippen LogP contribution in [0, 0.1) is 10.1 Å². The fourth-order valence-electron chi connectivity index (χ4n) is 2.80. The molecule has 7 nitrogen and oxygen atoms in total. The van der Waals surface area contributed by atoms with Crippen LogP contribution in [-0.2, 0) is 11.3 Å². The molecule has 0 N–H and O–H groups in total. The summed E-state index contributed by atoms with van der Waals surface area (Å²) in [4.78, 5) is 26.8. The molecule has 114 valence electrons. The maximum atomic E-state index is 12.3. The largest absolute Gasteiger partial charge is 0.504 e. The molecule has 0 fully saturated rings. The molecule has 0 saturated heterocycles. The van der Waals surface area contributed by atoms with Crippen molar-refractivity contribution in [2.45, 2.75) is 25.8 Å². The smallest absolute Gasteiger partial charge is 0.281 e. The number of ether oxygens (including phenoxy) is 1. The lowest BCUT2D eigenvalue weighted by atomic mass is 10.1. The van der Waals surface area contributed by atoms with Crippen molar-refractivity contribution in [3.05, 3.63) is 50.8 Å². The summed E-state index contributed by atoms with van der Waals surface area (Å²) >= 11 is 0. The molecule has 1 aliphatic heterocycles. The van der Waals surface area contributed by atoms with E-state index in [4.69, 9.17) is 4.74 Å². The number of rotatable bonds is 2. The number of nitro benzene ring substituents is 1. The molecule has 2 aromatic rings. The van der Waals surface area contributed by atoms with Gasteiger partial charge < -0.3 is 9.30 Å². The van der Waals surface area contributed by atoms with Crippen molar-refractivity contribution in [1.82, 2.24) is 9.55 Å². The first-order chi connectivity index (χ1) is 10.6. The van der Waals surface area contributed by atoms with Crippen molar-refractivity contribution in [1.29, 1.82) is 0 Å². The number of nitrogens with zero attached hydrogens (tertiary/aromatic N) is 3. The molecule has 7 heteroatoms. The normalized spacial score (nSPS) is 16.3. The Hall–Kier alpha value is -2.70. The summed E-state index contributed by atoms with van der Waals surface area (Å²) in [5, 5.41) is 11.2. The summed E-state index contributed by atoms with van der Waals surface area (Å²) in [5.74, 6) is 0.589. The average molecular weight is 301 g/mol. The van der Waals surface area contributed by atoms with E-state index in [0.717, 1.165) is 31.4 Å². The van der Waals surface area contributed by atoms with Crippen molar-refractivity contribution in [2.24, 2.45) is 0 Å². The van der Waals surface area contributed by atoms with E-state index >= 15 is 0 Å². The summed E-state index contributed by atoms with van der Waals surface area (Å²) < 4.78 is 7.03. The van der Waals surface area contributed by atoms with Gasteiger partial charge in [0.15, 0.2) is 0 Å². The van der Waals surface area contributed by atoms with Gasteiger partial charge in [-0.2, -0.15) is 4.98 Å². The van der Waals surface area contributed by atoms with Crippen LogP contribution in [0.1, 0.15) is 25.1 Å². The van der Waals surface area contributed by atoms with Crippen LogP contribution < -0.4 is 5.56 Å². The second-order valence-corrected chi connectivity index (χ2v) is 5.19. The van der Waals surface area contributed by atoms with E-state index in [-0.39, 0.29) is 11.1 Å². The van der Waals surface area contributed by atoms with Crippen molar-refractivity contribution in [3.63, 3.8) is 0 Å². The minimum atomic E-state index is -0.508. The molecule has 0 atom stereocenters. The predicted molar refractivity (Wildman–Crippen MR) is 81.5 cm³/mol. The Morgan fingerprint density at radius 3 is 2.95 bits per heavy atom. The van der Waals surface area contributed by atoms with Crippen LogP contribution in [0.2, 0.25) is 0 Å². The van der Waals surface area contributed by atoms with E-state index < -0.39 is 10.5 Å². The lowest BCUT2D eigenvalue weighted by molar-refractivity contribution is -0.384. The van der Waals surface area contributed by atoms with Crippen molar-refractivity contribution in [2.75, 3.05) is 7.11 Å². The van der Waals surface area contributed by atoms with Crippen molar-refractivity contribution >= 4 is 22.2 Å². The van der Waals surface area contributed by atoms with Crippen LogP contribution in [0.3, 0.4) is 0 Å². The number of hydrogen-bond donors (Lipinski definition) is 0. The van der Waals surface area contributed by atoms with Crippen LogP contribution in [-0.4, -0.2) is 21.6 Å². The van der Waals surface area contributed by atoms with Crippen LogP contribution in [0.25, 0.3) is 16.5 Å². The third-order valence-corrected chi connectivity index (χ3v) is 3.80. The van der Waals surface area contributed by atoms with Gasteiger partial charge in [-0.3, -0.25) is 14.9 Å². The van der Waals surface area contributed by atoms with E-state index in [1.807, 2.05) is 4.57 Å². The Balaban J connectivity index is 2.32. The molecule has 0 saturated carbocycles. The Morgan fingerprint density at radius 2 is 2.23 bits per heavy atom. The minimum Gasteiger partial charge on any atom is -0.504 e. The van der Waals surface area contributed by atoms with Crippen molar-refractivity contribution < 1.29 is 9.66 Å². The molecule has 1 aliphatic rings. The molecular formula is C15H15N3O4. The number of hydrogen-bond acceptors (Lipinski definition) is 5. The molecular weight excluding hydrogens is 286 g/mol. The Morgan fingerprint density at radius 1 is 1.41 bits per heavy atom. The highest BCUT2D eigenvalue weighted by molar-refractivity contribution is 5.82. The van der Waals surface area contributed by atoms with E-state index in [0.29, 0.717) is 11.3 Å². The Kier molecular flexibility index (Phi) is 3.62. The highest BCUT2D eigenvalue weighted by Crippen LogP contribution is 2.27. The third kappa shape index (κ3) is 2.34. The number of methoxy groups -OCH3 is 1. The summed E-state index contributed by atoms with van der Waals surface area (Å²) in [5.41, 5.74) is 0.990. The molecule has 22 heavy (non-hydrogen) atoms. The van der Waals surface area contributed by atoms with Gasteiger partial charge in [0.1, 0.15) is 5.82 Å². The van der Waals surface area contributed by atoms with Crippen LogP contribution in [0.15, 0.2) is 29.3 Å². The minimum absolute atomic E-state index is 0.103. The molecule has 2 heterocycles. The van der Waals surface area contributed by atoms with Gasteiger partial charge in [0.25, 0.3) is 11.2 Å². The monoisotopic (exact) mass is 301 g/mol. The number of nitro groups is 1. The zero-order chi connectivity index (χ0) is 15.7. The maximum Gasteiger partial charge on any atom is 0.281 e. The molecule has 0 amide bonds. The summed E-state index contributed by atoms with van der Waals surface area (Å²) in [6.45, 7) is 0.720. The topological polar surface area (TPSA) is 87.3 Å². The predicted octanol–water partition coefficient (Wildman–Crippen LogP) is 2.48. The molecule has 0 unspecified atom stereocenters. The fourth-order valence-corrected chi connectivity index (χ4v) is 2.80. The zero-order valence-corrected chi connectivity index (χ0v) is 12.1. The van der Waals surface area contributed by atoms with E-state index in [2.05, 4.69) is 4.98 Å². The highest BCUT2D eigenvalue weighted by Gasteiger charge is 2.19. The molecule has 0 radical (unpaired) electrons. The second kappa shape index (κ2) is 5.59. The van der Waals surface area contributed by atoms with E-state index in [1.54, 1.807) is 19.4 Å². The second-order valence-electron chi connectivity index (χ2n) is 5.19. The van der Waals surface area contributed by atoms with Gasteiger partial charge >= 0.3 is 0 Å². The Labute approximate surface area is 126 Å². The number of aromatic nitrogens is 2. The number of fused-ring (bicyclic) bond motifs is 3. The molecule has 0 spiro atoms. The molecule has 3 rings (SSSR count). The van der Waals surface area contributed by atoms with Gasteiger partial charge in [0.05, 0.1) is 29.2 Å². The van der Waals surface area contributed by atoms with Gasteiger partial charge in [0.2, 0.25) is 0 Å². The first kappa shape index (κ1) is 14.2. The van der Waals surface area contributed by atoms with Crippen LogP contribution >= 0.6 is 0 Å². The van der Waals surface area contributed by atoms with Gasteiger partial charge in [-0.05, 0) is 25.3 Å². The standard InChI is InChI=1S/C15H15N3O4/c1-22-9-10-4-2-3-7-17-13-6-5-11(18(20)21)8-12(13)15(19)16-14(10)17/h5-6,8-9H,2-4,7H2,1H3/b10-9+. The van der Waals surface area contributed by atoms with Crippen LogP contribution in [0.5, 0.6) is 0 Å². The molecule has 1 aromatic carbocycles. The average Bonchev–Trinajstić information content (AvgIpc) is 2.70. The van der Waals surface area contributed by atoms with Gasteiger partial charge in [-0.15, -0.1) is 0 Å². The molecule has 1 aromatic heterocycles. The van der Waals surface area contributed by atoms with Crippen molar-refractivity contribution in [3.8, 4) is 0 Å². The lowest BCUT2D eigenvalue weighted by Crippen LogP contribution is -2.18. The van der Waals surface area contributed by atoms with Gasteiger partial charge in [-0.1, -0.05) is 0 Å². The number of non-ortho nitro benzene ring substituents is 1. The first-order valence-corrected chi connectivity index (χ1v) is 7.03. The number of allylic oxidation sites excluding steroid dienone is 1. The summed E-state index contributed by atoms with van der Waals surface area (Å²) in [6.07, 6.45) is 4.32. The fraction of sp³-hybridized carbons (Fsp3) is 0.333. The summed E-state index contributed by atoms with van der Waals surface area (Å²) in [6, 6.07) is 4.33. The van der Waals surface area contributed by atoms with E-state index in [9.17, 15) is 14.9 Å². The Bertz CT molecular complexity index is 839. The van der Waals surface area contributed by atoms with Gasteiger partial charge in [0, 0.05) is 24.3 Å². The highest BCUT2D eigenvalue weighted by atomic mass is 16.6. The molecule has 0 aliphatic carbocycles. The number of aryl methyl sites for hydroxylation is 1. The van der Waals surface area contributed by atoms with Gasteiger partial charge in [-0.25, -0.2) is 0 Å².